The van der Waals surface area contributed by atoms with Gasteiger partial charge in [0, 0.05) is 31.6 Å². The number of nitrogens with zero attached hydrogens (tertiary/aromatic N) is 1. The molecule has 146 valence electrons. The fraction of sp³-hybridized carbons (Fsp3) is 0.923. The van der Waals surface area contributed by atoms with E-state index in [-0.39, 0.29) is 44.3 Å². The summed E-state index contributed by atoms with van der Waals surface area (Å²) in [6.45, 7) is 3.39. The molecule has 1 saturated heterocycles. The standard InChI is InChI=1S/C13H29BN4O6S/c1-9(2)11(15)6-17-25(23,24)18-7-10(4-3-5-14(21)22)13(16,8-18)12(19)20/h9-11,17,21-22H,3-8,15-16H2,1-2H3,(H,19,20)/t10-,11-,13-/m0/s1. The molecule has 0 aromatic heterocycles. The first-order valence-corrected chi connectivity index (χ1v) is 9.73. The van der Waals surface area contributed by atoms with Crippen LogP contribution >= 0.6 is 0 Å². The van der Waals surface area contributed by atoms with Crippen molar-refractivity contribution in [2.24, 2.45) is 23.3 Å². The van der Waals surface area contributed by atoms with Crippen LogP contribution < -0.4 is 16.2 Å². The van der Waals surface area contributed by atoms with E-state index >= 15 is 0 Å². The topological polar surface area (TPSA) is 179 Å². The molecule has 1 aliphatic heterocycles. The van der Waals surface area contributed by atoms with Crippen LogP contribution in [0.5, 0.6) is 0 Å². The van der Waals surface area contributed by atoms with Crippen LogP contribution in [-0.4, -0.2) is 72.2 Å². The molecule has 0 radical (unpaired) electrons. The first-order chi connectivity index (χ1) is 11.4. The molecule has 3 atom stereocenters. The number of hydrogen-bond donors (Lipinski definition) is 6. The molecule has 1 aliphatic rings. The summed E-state index contributed by atoms with van der Waals surface area (Å²) in [5.41, 5.74) is 10.1. The average molecular weight is 380 g/mol. The molecule has 0 amide bonds. The summed E-state index contributed by atoms with van der Waals surface area (Å²) >= 11 is 0. The fourth-order valence-electron chi connectivity index (χ4n) is 2.74. The van der Waals surface area contributed by atoms with Crippen LogP contribution in [0.15, 0.2) is 0 Å². The van der Waals surface area contributed by atoms with E-state index in [1.165, 1.54) is 0 Å². The molecular weight excluding hydrogens is 351 g/mol. The zero-order valence-corrected chi connectivity index (χ0v) is 15.4. The van der Waals surface area contributed by atoms with Crippen LogP contribution in [-0.2, 0) is 15.0 Å². The molecule has 10 nitrogen and oxygen atoms in total. The predicted molar refractivity (Wildman–Crippen MR) is 93.6 cm³/mol. The van der Waals surface area contributed by atoms with Gasteiger partial charge in [-0.2, -0.15) is 12.7 Å². The van der Waals surface area contributed by atoms with Crippen LogP contribution in [0, 0.1) is 11.8 Å². The second-order valence-electron chi connectivity index (χ2n) is 7.01. The van der Waals surface area contributed by atoms with Crippen molar-refractivity contribution in [2.45, 2.75) is 44.6 Å². The lowest BCUT2D eigenvalue weighted by Gasteiger charge is -2.25. The van der Waals surface area contributed by atoms with E-state index in [9.17, 15) is 18.3 Å². The molecule has 0 spiro atoms. The third kappa shape index (κ3) is 5.88. The van der Waals surface area contributed by atoms with E-state index in [4.69, 9.17) is 21.5 Å². The Labute approximate surface area is 148 Å². The van der Waals surface area contributed by atoms with Gasteiger partial charge in [0.15, 0.2) is 0 Å². The molecular formula is C13H29BN4O6S. The van der Waals surface area contributed by atoms with Gasteiger partial charge < -0.3 is 26.6 Å². The van der Waals surface area contributed by atoms with Crippen molar-refractivity contribution >= 4 is 23.3 Å². The van der Waals surface area contributed by atoms with E-state index in [1.807, 2.05) is 13.8 Å². The highest BCUT2D eigenvalue weighted by atomic mass is 32.2. The highest BCUT2D eigenvalue weighted by Crippen LogP contribution is 2.31. The van der Waals surface area contributed by atoms with Gasteiger partial charge in [-0.05, 0) is 18.7 Å². The molecule has 0 aromatic rings. The lowest BCUT2D eigenvalue weighted by atomic mass is 9.78. The van der Waals surface area contributed by atoms with Gasteiger partial charge in [0.05, 0.1) is 0 Å². The maximum absolute atomic E-state index is 12.4. The zero-order valence-electron chi connectivity index (χ0n) is 14.6. The van der Waals surface area contributed by atoms with E-state index < -0.39 is 34.8 Å². The first kappa shape index (κ1) is 22.3. The molecule has 12 heteroatoms. The largest absolute Gasteiger partial charge is 0.480 e. The van der Waals surface area contributed by atoms with Gasteiger partial charge in [0.2, 0.25) is 0 Å². The Kier molecular flexibility index (Phi) is 7.81. The maximum atomic E-state index is 12.4. The minimum absolute atomic E-state index is 0.0442. The van der Waals surface area contributed by atoms with Gasteiger partial charge in [-0.1, -0.05) is 20.3 Å². The molecule has 1 rings (SSSR count). The van der Waals surface area contributed by atoms with E-state index in [0.29, 0.717) is 6.42 Å². The Balaban J connectivity index is 2.80. The van der Waals surface area contributed by atoms with E-state index in [2.05, 4.69) is 4.72 Å². The van der Waals surface area contributed by atoms with Crippen LogP contribution in [0.4, 0.5) is 0 Å². The molecule has 0 unspecified atom stereocenters. The Morgan fingerprint density at radius 2 is 2.04 bits per heavy atom. The van der Waals surface area contributed by atoms with Crippen molar-refractivity contribution in [3.8, 4) is 0 Å². The minimum Gasteiger partial charge on any atom is -0.480 e. The molecule has 25 heavy (non-hydrogen) atoms. The molecule has 0 aliphatic carbocycles. The number of nitrogens with two attached hydrogens (primary N) is 2. The lowest BCUT2D eigenvalue weighted by Crippen LogP contribution is -2.55. The molecule has 0 saturated carbocycles. The second-order valence-corrected chi connectivity index (χ2v) is 8.76. The van der Waals surface area contributed by atoms with E-state index in [0.717, 1.165) is 4.31 Å². The molecule has 0 bridgehead atoms. The predicted octanol–water partition coefficient (Wildman–Crippen LogP) is -2.23. The Bertz CT molecular complexity index is 561. The van der Waals surface area contributed by atoms with Gasteiger partial charge >= 0.3 is 13.1 Å². The quantitative estimate of drug-likeness (QED) is 0.230. The smallest absolute Gasteiger partial charge is 0.451 e. The minimum atomic E-state index is -3.91. The second kappa shape index (κ2) is 8.76. The van der Waals surface area contributed by atoms with Crippen molar-refractivity contribution in [3.05, 3.63) is 0 Å². The number of rotatable bonds is 10. The number of hydrogen-bond acceptors (Lipinski definition) is 7. The summed E-state index contributed by atoms with van der Waals surface area (Å²) in [6, 6.07) is -0.360. The summed E-state index contributed by atoms with van der Waals surface area (Å²) < 4.78 is 28.3. The highest BCUT2D eigenvalue weighted by Gasteiger charge is 2.52. The number of carbonyl (C=O) groups is 1. The lowest BCUT2D eigenvalue weighted by molar-refractivity contribution is -0.144. The summed E-state index contributed by atoms with van der Waals surface area (Å²) in [7, 11) is -5.39. The van der Waals surface area contributed by atoms with Crippen LogP contribution in [0.2, 0.25) is 6.32 Å². The third-order valence-electron chi connectivity index (χ3n) is 4.70. The monoisotopic (exact) mass is 380 g/mol. The van der Waals surface area contributed by atoms with Crippen molar-refractivity contribution < 1.29 is 28.4 Å². The molecule has 1 heterocycles. The van der Waals surface area contributed by atoms with Crippen LogP contribution in [0.3, 0.4) is 0 Å². The van der Waals surface area contributed by atoms with Crippen LogP contribution in [0.1, 0.15) is 26.7 Å². The normalized spacial score (nSPS) is 26.1. The van der Waals surface area contributed by atoms with Gasteiger partial charge in [-0.15, -0.1) is 0 Å². The fourth-order valence-corrected chi connectivity index (χ4v) is 4.09. The van der Waals surface area contributed by atoms with Gasteiger partial charge in [0.1, 0.15) is 5.54 Å². The number of carboxylic acid groups (broad SMARTS) is 1. The van der Waals surface area contributed by atoms with Crippen molar-refractivity contribution in [2.75, 3.05) is 19.6 Å². The molecule has 8 N–H and O–H groups in total. The van der Waals surface area contributed by atoms with Gasteiger partial charge in [-0.3, -0.25) is 4.79 Å². The number of nitrogens with one attached hydrogen (secondary N) is 1. The van der Waals surface area contributed by atoms with Gasteiger partial charge in [-0.25, -0.2) is 4.72 Å². The van der Waals surface area contributed by atoms with Crippen LogP contribution in [0.25, 0.3) is 0 Å². The maximum Gasteiger partial charge on any atom is 0.451 e. The third-order valence-corrected chi connectivity index (χ3v) is 6.19. The van der Waals surface area contributed by atoms with Crippen molar-refractivity contribution in [1.82, 2.24) is 9.03 Å². The first-order valence-electron chi connectivity index (χ1n) is 8.29. The van der Waals surface area contributed by atoms with Crippen molar-refractivity contribution in [3.63, 3.8) is 0 Å². The Hall–Kier alpha value is -0.755. The Morgan fingerprint density at radius 1 is 1.44 bits per heavy atom. The number of carboxylic acids is 1. The number of aliphatic carboxylic acids is 1. The molecule has 0 aromatic carbocycles. The summed E-state index contributed by atoms with van der Waals surface area (Å²) in [5.74, 6) is -1.82. The molecule has 1 fully saturated rings. The average Bonchev–Trinajstić information content (AvgIpc) is 2.84. The van der Waals surface area contributed by atoms with E-state index in [1.54, 1.807) is 0 Å². The zero-order chi connectivity index (χ0) is 19.4. The van der Waals surface area contributed by atoms with Crippen molar-refractivity contribution in [1.29, 1.82) is 0 Å². The summed E-state index contributed by atoms with van der Waals surface area (Å²) in [4.78, 5) is 11.6. The SMILES string of the molecule is CC(C)[C@@H](N)CNS(=O)(=O)N1C[C@H](CCCB(O)O)[C@](N)(C(=O)O)C1. The Morgan fingerprint density at radius 3 is 2.52 bits per heavy atom. The van der Waals surface area contributed by atoms with Gasteiger partial charge in [0.25, 0.3) is 10.2 Å². The highest BCUT2D eigenvalue weighted by molar-refractivity contribution is 7.87. The summed E-state index contributed by atoms with van der Waals surface area (Å²) in [5, 5.41) is 27.2. The summed E-state index contributed by atoms with van der Waals surface area (Å²) in [6.07, 6.45) is 0.673.